The van der Waals surface area contributed by atoms with Gasteiger partial charge in [0.15, 0.2) is 0 Å². The van der Waals surface area contributed by atoms with Crippen LogP contribution in [0.3, 0.4) is 0 Å². The van der Waals surface area contributed by atoms with Crippen molar-refractivity contribution in [3.8, 4) is 11.3 Å². The van der Waals surface area contributed by atoms with Crippen molar-refractivity contribution < 1.29 is 17.6 Å². The number of carbonyl (C=O) groups excluding carboxylic acids is 1. The van der Waals surface area contributed by atoms with Gasteiger partial charge in [-0.25, -0.2) is 17.6 Å². The van der Waals surface area contributed by atoms with Crippen molar-refractivity contribution in [2.45, 2.75) is 32.6 Å². The van der Waals surface area contributed by atoms with Gasteiger partial charge < -0.3 is 16.0 Å². The highest BCUT2D eigenvalue weighted by molar-refractivity contribution is 7.88. The summed E-state index contributed by atoms with van der Waals surface area (Å²) in [6.45, 7) is 4.96. The lowest BCUT2D eigenvalue weighted by Crippen LogP contribution is -2.47. The van der Waals surface area contributed by atoms with Crippen LogP contribution < -0.4 is 16.0 Å². The molecule has 2 aliphatic heterocycles. The molecule has 2 aromatic carbocycles. The molecule has 0 unspecified atom stereocenters. The van der Waals surface area contributed by atoms with Gasteiger partial charge in [-0.1, -0.05) is 41.9 Å². The number of alkyl halides is 1. The number of aryl methyl sites for hydroxylation is 1. The molecule has 220 valence electrons. The predicted octanol–water partition coefficient (Wildman–Crippen LogP) is 3.69. The summed E-state index contributed by atoms with van der Waals surface area (Å²) in [5, 5.41) is 8.16. The number of rotatable bonds is 9. The highest BCUT2D eigenvalue weighted by Gasteiger charge is 2.30. The fourth-order valence-corrected chi connectivity index (χ4v) is 6.71. The number of amides is 2. The molecule has 0 atom stereocenters. The third kappa shape index (κ3) is 6.66. The molecule has 2 aliphatic rings. The molecule has 1 saturated heterocycles. The fourth-order valence-electron chi connectivity index (χ4n) is 5.63. The number of aromatic nitrogens is 2. The molecule has 0 spiro atoms. The van der Waals surface area contributed by atoms with E-state index in [2.05, 4.69) is 15.1 Å². The molecule has 0 aliphatic carbocycles. The Kier molecular flexibility index (Phi) is 8.83. The number of benzene rings is 2. The Bertz CT molecular complexity index is 1510. The first-order valence-electron chi connectivity index (χ1n) is 13.6. The minimum Gasteiger partial charge on any atom is -0.366 e. The van der Waals surface area contributed by atoms with Crippen molar-refractivity contribution in [2.75, 3.05) is 55.7 Å². The summed E-state index contributed by atoms with van der Waals surface area (Å²) in [5.41, 5.74) is 10.9. The summed E-state index contributed by atoms with van der Waals surface area (Å²) < 4.78 is 41.2. The van der Waals surface area contributed by atoms with E-state index in [9.17, 15) is 17.6 Å². The van der Waals surface area contributed by atoms with Crippen molar-refractivity contribution in [1.82, 2.24) is 19.0 Å². The molecule has 3 aromatic rings. The minimum atomic E-state index is -3.34. The van der Waals surface area contributed by atoms with Gasteiger partial charge in [0.2, 0.25) is 10.0 Å². The van der Waals surface area contributed by atoms with E-state index in [4.69, 9.17) is 22.4 Å². The van der Waals surface area contributed by atoms with Crippen LogP contribution in [-0.4, -0.2) is 79.0 Å². The van der Waals surface area contributed by atoms with E-state index in [-0.39, 0.29) is 6.54 Å². The van der Waals surface area contributed by atoms with Crippen LogP contribution in [0.1, 0.15) is 23.2 Å². The first-order valence-corrected chi connectivity index (χ1v) is 15.9. The van der Waals surface area contributed by atoms with Crippen LogP contribution in [0.25, 0.3) is 11.3 Å². The molecule has 41 heavy (non-hydrogen) atoms. The summed E-state index contributed by atoms with van der Waals surface area (Å²) >= 11 is 6.48. The number of sulfonamides is 1. The maximum Gasteiger partial charge on any atom is 0.316 e. The van der Waals surface area contributed by atoms with Gasteiger partial charge in [0.25, 0.3) is 0 Å². The highest BCUT2D eigenvalue weighted by Crippen LogP contribution is 2.35. The number of hydrogen-bond acceptors (Lipinski definition) is 6. The Hall–Kier alpha value is -3.19. The zero-order chi connectivity index (χ0) is 29.1. The molecule has 5 rings (SSSR count). The van der Waals surface area contributed by atoms with Gasteiger partial charge in [-0.2, -0.15) is 9.40 Å². The van der Waals surface area contributed by atoms with Crippen LogP contribution in [0.2, 0.25) is 5.02 Å². The van der Waals surface area contributed by atoms with Crippen LogP contribution in [0.15, 0.2) is 42.5 Å². The lowest BCUT2D eigenvalue weighted by Gasteiger charge is -2.37. The van der Waals surface area contributed by atoms with Gasteiger partial charge in [-0.3, -0.25) is 9.58 Å². The number of piperazine rings is 1. The largest absolute Gasteiger partial charge is 0.366 e. The lowest BCUT2D eigenvalue weighted by atomic mass is 10.0. The van der Waals surface area contributed by atoms with Crippen LogP contribution in [0.5, 0.6) is 0 Å². The van der Waals surface area contributed by atoms with Crippen LogP contribution in [0, 0.1) is 0 Å². The molecule has 3 heterocycles. The first-order chi connectivity index (χ1) is 19.6. The quantitative estimate of drug-likeness (QED) is 0.385. The monoisotopic (exact) mass is 603 g/mol. The molecule has 1 aromatic heterocycles. The Morgan fingerprint density at radius 1 is 1.07 bits per heavy atom. The van der Waals surface area contributed by atoms with Crippen molar-refractivity contribution in [3.05, 3.63) is 64.3 Å². The molecular weight excluding hydrogens is 569 g/mol. The number of carbonyl (C=O) groups is 1. The number of nitrogens with one attached hydrogen (secondary N) is 1. The van der Waals surface area contributed by atoms with E-state index in [1.165, 1.54) is 10.6 Å². The number of nitrogens with zero attached hydrogens (tertiary/aromatic N) is 5. The number of hydrogen-bond donors (Lipinski definition) is 2. The Morgan fingerprint density at radius 2 is 1.80 bits per heavy atom. The van der Waals surface area contributed by atoms with E-state index in [0.717, 1.165) is 67.3 Å². The number of nitrogens with two attached hydrogens (primary N) is 1. The SMILES string of the molecule is CS(=O)(=O)N1CCc2c(c(-c3ccc(CF)cc3)nn2CCCN2CCN(c3c(Cl)cccc3NC(N)=O)CC2)C1. The zero-order valence-corrected chi connectivity index (χ0v) is 24.6. The van der Waals surface area contributed by atoms with Crippen LogP contribution in [0.4, 0.5) is 20.6 Å². The van der Waals surface area contributed by atoms with Gasteiger partial charge in [0.05, 0.1) is 28.3 Å². The van der Waals surface area contributed by atoms with Crippen molar-refractivity contribution in [1.29, 1.82) is 0 Å². The second-order valence-corrected chi connectivity index (χ2v) is 12.9. The molecule has 13 heteroatoms. The average molecular weight is 604 g/mol. The summed E-state index contributed by atoms with van der Waals surface area (Å²) in [7, 11) is -3.34. The second kappa shape index (κ2) is 12.4. The number of urea groups is 1. The summed E-state index contributed by atoms with van der Waals surface area (Å²) in [6, 6.07) is 11.9. The predicted molar refractivity (Wildman–Crippen MR) is 159 cm³/mol. The Labute approximate surface area is 244 Å². The third-order valence-electron chi connectivity index (χ3n) is 7.73. The number of halogens is 2. The topological polar surface area (TPSA) is 117 Å². The minimum absolute atomic E-state index is 0.283. The van der Waals surface area contributed by atoms with Gasteiger partial charge in [-0.15, -0.1) is 0 Å². The molecular formula is C28H35ClFN7O3S. The Balaban J connectivity index is 1.25. The van der Waals surface area contributed by atoms with Crippen molar-refractivity contribution >= 4 is 39.0 Å². The van der Waals surface area contributed by atoms with Gasteiger partial charge in [0.1, 0.15) is 6.67 Å². The summed E-state index contributed by atoms with van der Waals surface area (Å²) in [5.74, 6) is 0. The highest BCUT2D eigenvalue weighted by atomic mass is 35.5. The van der Waals surface area contributed by atoms with Crippen molar-refractivity contribution in [2.24, 2.45) is 5.73 Å². The zero-order valence-electron chi connectivity index (χ0n) is 23.0. The number of anilines is 2. The molecule has 3 N–H and O–H groups in total. The van der Waals surface area contributed by atoms with Gasteiger partial charge >= 0.3 is 6.03 Å². The van der Waals surface area contributed by atoms with Gasteiger partial charge in [0, 0.05) is 75.6 Å². The third-order valence-corrected chi connectivity index (χ3v) is 9.28. The maximum atomic E-state index is 13.1. The second-order valence-electron chi connectivity index (χ2n) is 10.5. The molecule has 1 fully saturated rings. The summed E-state index contributed by atoms with van der Waals surface area (Å²) in [4.78, 5) is 16.0. The summed E-state index contributed by atoms with van der Waals surface area (Å²) in [6.07, 6.45) is 2.71. The average Bonchev–Trinajstić information content (AvgIpc) is 3.31. The van der Waals surface area contributed by atoms with Crippen molar-refractivity contribution in [3.63, 3.8) is 0 Å². The van der Waals surface area contributed by atoms with E-state index >= 15 is 0 Å². The molecule has 2 amide bonds. The van der Waals surface area contributed by atoms with E-state index in [1.54, 1.807) is 30.3 Å². The molecule has 0 saturated carbocycles. The fraction of sp³-hybridized carbons (Fsp3) is 0.429. The van der Waals surface area contributed by atoms with E-state index in [0.29, 0.717) is 35.8 Å². The standard InChI is InChI=1S/C28H35ClFN7O3S/c1-41(39,40)36-13-10-25-22(19-36)26(21-8-6-20(18-30)7-9-21)33-37(25)12-3-11-34-14-16-35(17-15-34)27-23(29)4-2-5-24(27)32-28(31)38/h2,4-9H,3,10-19H2,1H3,(H3,31,32,38). The molecule has 10 nitrogen and oxygen atoms in total. The van der Waals surface area contributed by atoms with Gasteiger partial charge in [-0.05, 0) is 24.1 Å². The first kappa shape index (κ1) is 29.3. The number of fused-ring (bicyclic) bond motifs is 1. The molecule has 0 bridgehead atoms. The number of para-hydroxylation sites is 1. The van der Waals surface area contributed by atoms with E-state index in [1.807, 2.05) is 16.8 Å². The molecule has 0 radical (unpaired) electrons. The smallest absolute Gasteiger partial charge is 0.316 e. The lowest BCUT2D eigenvalue weighted by molar-refractivity contribution is 0.248. The maximum absolute atomic E-state index is 13.1. The number of primary amides is 1. The Morgan fingerprint density at radius 3 is 2.46 bits per heavy atom. The van der Waals surface area contributed by atoms with Crippen LogP contribution >= 0.6 is 11.6 Å². The normalized spacial score (nSPS) is 16.5. The van der Waals surface area contributed by atoms with Crippen LogP contribution in [-0.2, 0) is 36.2 Å². The van der Waals surface area contributed by atoms with E-state index < -0.39 is 22.7 Å².